The van der Waals surface area contributed by atoms with E-state index in [2.05, 4.69) is 12.1 Å². The number of hydrogen-bond acceptors (Lipinski definition) is 3. The fraction of sp³-hybridized carbons (Fsp3) is 0.429. The average molecular weight is 263 g/mol. The van der Waals surface area contributed by atoms with Crippen LogP contribution in [0.4, 0.5) is 5.69 Å². The fourth-order valence-corrected chi connectivity index (χ4v) is 1.73. The first kappa shape index (κ1) is 15.0. The first-order valence-electron chi connectivity index (χ1n) is 6.19. The predicted molar refractivity (Wildman–Crippen MR) is 76.4 cm³/mol. The Morgan fingerprint density at radius 1 is 1.37 bits per heavy atom. The molecule has 5 heteroatoms. The van der Waals surface area contributed by atoms with Gasteiger partial charge in [-0.05, 0) is 38.0 Å². The van der Waals surface area contributed by atoms with Gasteiger partial charge in [0.25, 0.3) is 0 Å². The van der Waals surface area contributed by atoms with E-state index in [1.54, 1.807) is 20.9 Å². The molecule has 0 saturated carbocycles. The van der Waals surface area contributed by atoms with E-state index in [0.717, 1.165) is 12.1 Å². The molecule has 0 radical (unpaired) electrons. The Morgan fingerprint density at radius 2 is 1.89 bits per heavy atom. The summed E-state index contributed by atoms with van der Waals surface area (Å²) in [5.74, 6) is -0.332. The zero-order chi connectivity index (χ0) is 14.6. The highest BCUT2D eigenvalue weighted by molar-refractivity contribution is 6.11. The second-order valence-electron chi connectivity index (χ2n) is 4.99. The zero-order valence-corrected chi connectivity index (χ0v) is 11.8. The van der Waals surface area contributed by atoms with Gasteiger partial charge in [0, 0.05) is 12.7 Å². The maximum Gasteiger partial charge on any atom is 0.240 e. The molecule has 0 spiro atoms. The van der Waals surface area contributed by atoms with E-state index in [1.807, 2.05) is 24.3 Å². The van der Waals surface area contributed by atoms with Crippen molar-refractivity contribution >= 4 is 17.4 Å². The molecule has 0 aliphatic heterocycles. The molecule has 0 atom stereocenters. The summed E-state index contributed by atoms with van der Waals surface area (Å²) >= 11 is 0. The number of rotatable bonds is 4. The monoisotopic (exact) mass is 263 g/mol. The molecule has 0 aliphatic carbocycles. The van der Waals surface area contributed by atoms with E-state index in [9.17, 15) is 4.79 Å². The zero-order valence-electron chi connectivity index (χ0n) is 11.8. The number of anilines is 1. The minimum Gasteiger partial charge on any atom is -0.409 e. The van der Waals surface area contributed by atoms with Crippen LogP contribution in [-0.2, 0) is 11.2 Å². The standard InChI is InChI=1S/C14H21N3O2/c1-5-10-6-8-11(9-7-10)17(4)13(18)14(2,3)12(15)16-19/h6-9,19H,5H2,1-4H3,(H2,15,16). The van der Waals surface area contributed by atoms with Crippen molar-refractivity contribution < 1.29 is 10.0 Å². The quantitative estimate of drug-likeness (QED) is 0.377. The van der Waals surface area contributed by atoms with Crippen LogP contribution in [0.3, 0.4) is 0 Å². The van der Waals surface area contributed by atoms with E-state index in [4.69, 9.17) is 10.9 Å². The van der Waals surface area contributed by atoms with E-state index in [-0.39, 0.29) is 11.7 Å². The van der Waals surface area contributed by atoms with Crippen molar-refractivity contribution in [3.8, 4) is 0 Å². The topological polar surface area (TPSA) is 78.9 Å². The van der Waals surface area contributed by atoms with Crippen molar-refractivity contribution in [3.63, 3.8) is 0 Å². The maximum atomic E-state index is 12.4. The molecule has 3 N–H and O–H groups in total. The van der Waals surface area contributed by atoms with Crippen molar-refractivity contribution in [1.82, 2.24) is 0 Å². The van der Waals surface area contributed by atoms with Crippen molar-refractivity contribution in [1.29, 1.82) is 0 Å². The van der Waals surface area contributed by atoms with E-state index < -0.39 is 5.41 Å². The van der Waals surface area contributed by atoms with Crippen LogP contribution in [-0.4, -0.2) is 24.0 Å². The van der Waals surface area contributed by atoms with Gasteiger partial charge in [-0.25, -0.2) is 0 Å². The van der Waals surface area contributed by atoms with Crippen molar-refractivity contribution in [3.05, 3.63) is 29.8 Å². The molecule has 0 unspecified atom stereocenters. The average Bonchev–Trinajstić information content (AvgIpc) is 2.44. The lowest BCUT2D eigenvalue weighted by Crippen LogP contribution is -2.46. The molecule has 0 bridgehead atoms. The van der Waals surface area contributed by atoms with Gasteiger partial charge in [0.05, 0.1) is 0 Å². The highest BCUT2D eigenvalue weighted by atomic mass is 16.4. The maximum absolute atomic E-state index is 12.4. The van der Waals surface area contributed by atoms with Gasteiger partial charge < -0.3 is 15.8 Å². The normalized spacial score (nSPS) is 12.3. The van der Waals surface area contributed by atoms with Crippen LogP contribution in [0.1, 0.15) is 26.3 Å². The third-order valence-electron chi connectivity index (χ3n) is 3.32. The summed E-state index contributed by atoms with van der Waals surface area (Å²) in [7, 11) is 1.68. The van der Waals surface area contributed by atoms with Gasteiger partial charge in [-0.15, -0.1) is 0 Å². The third kappa shape index (κ3) is 3.05. The number of oxime groups is 1. The molecule has 0 heterocycles. The Labute approximate surface area is 113 Å². The Kier molecular flexibility index (Phi) is 4.53. The van der Waals surface area contributed by atoms with E-state index in [1.165, 1.54) is 10.5 Å². The van der Waals surface area contributed by atoms with Crippen molar-refractivity contribution in [2.24, 2.45) is 16.3 Å². The lowest BCUT2D eigenvalue weighted by atomic mass is 9.90. The molecular weight excluding hydrogens is 242 g/mol. The Balaban J connectivity index is 2.99. The number of benzene rings is 1. The number of carbonyl (C=O) groups excluding carboxylic acids is 1. The van der Waals surface area contributed by atoms with Crippen molar-refractivity contribution in [2.75, 3.05) is 11.9 Å². The molecule has 0 fully saturated rings. The first-order chi connectivity index (χ1) is 8.84. The van der Waals surface area contributed by atoms with Gasteiger partial charge in [0.15, 0.2) is 5.84 Å². The molecule has 1 aromatic carbocycles. The summed E-state index contributed by atoms with van der Waals surface area (Å²) in [6, 6.07) is 7.74. The van der Waals surface area contributed by atoms with E-state index in [0.29, 0.717) is 0 Å². The number of nitrogens with zero attached hydrogens (tertiary/aromatic N) is 2. The second kappa shape index (κ2) is 5.73. The highest BCUT2D eigenvalue weighted by Gasteiger charge is 2.35. The number of amides is 1. The van der Waals surface area contributed by atoms with Crippen LogP contribution in [0.25, 0.3) is 0 Å². The summed E-state index contributed by atoms with van der Waals surface area (Å²) in [4.78, 5) is 13.9. The number of amidine groups is 1. The molecular formula is C14H21N3O2. The summed E-state index contributed by atoms with van der Waals surface area (Å²) in [6.45, 7) is 5.33. The number of aryl methyl sites for hydroxylation is 1. The molecule has 1 rings (SSSR count). The Hall–Kier alpha value is -2.04. The van der Waals surface area contributed by atoms with Gasteiger partial charge in [0.2, 0.25) is 5.91 Å². The third-order valence-corrected chi connectivity index (χ3v) is 3.32. The highest BCUT2D eigenvalue weighted by Crippen LogP contribution is 2.23. The number of hydrogen-bond donors (Lipinski definition) is 2. The van der Waals surface area contributed by atoms with Gasteiger partial charge in [-0.1, -0.05) is 24.2 Å². The predicted octanol–water partition coefficient (Wildman–Crippen LogP) is 1.98. The lowest BCUT2D eigenvalue weighted by molar-refractivity contribution is -0.123. The number of carbonyl (C=O) groups is 1. The smallest absolute Gasteiger partial charge is 0.240 e. The van der Waals surface area contributed by atoms with Crippen LogP contribution in [0.15, 0.2) is 29.4 Å². The summed E-state index contributed by atoms with van der Waals surface area (Å²) < 4.78 is 0. The number of nitrogens with two attached hydrogens (primary N) is 1. The molecule has 1 aromatic rings. The molecule has 19 heavy (non-hydrogen) atoms. The molecule has 1 amide bonds. The van der Waals surface area contributed by atoms with Gasteiger partial charge in [-0.3, -0.25) is 4.79 Å². The molecule has 0 aliphatic rings. The van der Waals surface area contributed by atoms with Crippen LogP contribution < -0.4 is 10.6 Å². The van der Waals surface area contributed by atoms with Crippen LogP contribution in [0.5, 0.6) is 0 Å². The SMILES string of the molecule is CCc1ccc(N(C)C(=O)C(C)(C)C(N)=NO)cc1. The van der Waals surface area contributed by atoms with Crippen LogP contribution in [0, 0.1) is 5.41 Å². The lowest BCUT2D eigenvalue weighted by Gasteiger charge is -2.28. The molecule has 0 aromatic heterocycles. The molecule has 0 saturated heterocycles. The van der Waals surface area contributed by atoms with Crippen molar-refractivity contribution in [2.45, 2.75) is 27.2 Å². The summed E-state index contributed by atoms with van der Waals surface area (Å²) in [6.07, 6.45) is 0.952. The molecule has 104 valence electrons. The van der Waals surface area contributed by atoms with Crippen LogP contribution >= 0.6 is 0 Å². The second-order valence-corrected chi connectivity index (χ2v) is 4.99. The largest absolute Gasteiger partial charge is 0.409 e. The Bertz CT molecular complexity index is 478. The van der Waals surface area contributed by atoms with E-state index >= 15 is 0 Å². The summed E-state index contributed by atoms with van der Waals surface area (Å²) in [5.41, 5.74) is 6.50. The van der Waals surface area contributed by atoms with Crippen LogP contribution in [0.2, 0.25) is 0 Å². The first-order valence-corrected chi connectivity index (χ1v) is 6.19. The van der Waals surface area contributed by atoms with Gasteiger partial charge in [0.1, 0.15) is 5.41 Å². The Morgan fingerprint density at radius 3 is 2.32 bits per heavy atom. The molecule has 5 nitrogen and oxygen atoms in total. The summed E-state index contributed by atoms with van der Waals surface area (Å²) in [5, 5.41) is 11.7. The van der Waals surface area contributed by atoms with Gasteiger partial charge >= 0.3 is 0 Å². The van der Waals surface area contributed by atoms with Gasteiger partial charge in [-0.2, -0.15) is 0 Å². The minimum absolute atomic E-state index is 0.102. The minimum atomic E-state index is -1.05. The fourth-order valence-electron chi connectivity index (χ4n) is 1.73.